The summed E-state index contributed by atoms with van der Waals surface area (Å²) in [5.41, 5.74) is 12.2. The van der Waals surface area contributed by atoms with Crippen molar-refractivity contribution in [2.75, 3.05) is 118 Å². The summed E-state index contributed by atoms with van der Waals surface area (Å²) in [6, 6.07) is 0. The third-order valence-corrected chi connectivity index (χ3v) is 31.8. The van der Waals surface area contributed by atoms with Crippen LogP contribution in [0, 0.1) is 76.9 Å². The fourth-order valence-corrected chi connectivity index (χ4v) is 22.4. The number of carbonyl (C=O) groups excluding carboxylic acids is 8. The smallest absolute Gasteiger partial charge is 1.00 e. The van der Waals surface area contributed by atoms with Crippen molar-refractivity contribution in [1.82, 2.24) is 35.6 Å². The van der Waals surface area contributed by atoms with E-state index in [1.165, 1.54) is 121 Å². The van der Waals surface area contributed by atoms with Gasteiger partial charge in [-0.1, -0.05) is 217 Å². The van der Waals surface area contributed by atoms with Gasteiger partial charge in [0.05, 0.1) is 70.9 Å². The second kappa shape index (κ2) is 65.1. The van der Waals surface area contributed by atoms with Crippen LogP contribution < -0.4 is 75.8 Å². The Balaban J connectivity index is 0.000000834. The molecule has 0 aromatic rings. The Kier molecular flexibility index (Phi) is 61.0. The molecule has 15 atom stereocenters. The Hall–Kier alpha value is -4.73. The minimum atomic E-state index is -3.61. The van der Waals surface area contributed by atoms with Gasteiger partial charge in [-0.15, -0.1) is 0 Å². The molecule has 14 rings (SSSR count). The van der Waals surface area contributed by atoms with E-state index in [1.807, 2.05) is 46.4 Å². The number of carbonyl (C=O) groups is 10. The molecule has 0 aromatic heterocycles. The monoisotopic (exact) mass is 1990 g/mol. The minimum absolute atomic E-state index is 0. The first kappa shape index (κ1) is 130. The van der Waals surface area contributed by atoms with Gasteiger partial charge >= 0.3 is 70.8 Å². The fourth-order valence-electron chi connectivity index (χ4n) is 21.5. The number of carboxylic acids is 2. The van der Waals surface area contributed by atoms with Crippen LogP contribution in [-0.4, -0.2) is 266 Å². The third kappa shape index (κ3) is 44.9. The molecule has 9 aliphatic carbocycles. The van der Waals surface area contributed by atoms with Crippen LogP contribution in [-0.2, 0) is 85.7 Å². The van der Waals surface area contributed by atoms with Gasteiger partial charge in [-0.2, -0.15) is 8.42 Å². The van der Waals surface area contributed by atoms with Crippen molar-refractivity contribution in [3.05, 3.63) is 0 Å². The van der Waals surface area contributed by atoms with Crippen LogP contribution in [0.5, 0.6) is 0 Å². The number of nitrogens with two attached hydrogens (primary N) is 2. The van der Waals surface area contributed by atoms with Gasteiger partial charge in [-0.3, -0.25) is 53.1 Å². The second-order valence-corrected chi connectivity index (χ2v) is 43.3. The van der Waals surface area contributed by atoms with E-state index in [2.05, 4.69) is 89.7 Å². The van der Waals surface area contributed by atoms with Crippen molar-refractivity contribution in [3.63, 3.8) is 0 Å². The van der Waals surface area contributed by atoms with Crippen molar-refractivity contribution >= 4 is 81.0 Å². The molecule has 0 spiro atoms. The Morgan fingerprint density at radius 3 is 0.964 bits per heavy atom. The van der Waals surface area contributed by atoms with E-state index >= 15 is 0 Å². The van der Waals surface area contributed by atoms with Crippen molar-refractivity contribution in [3.8, 4) is 0 Å². The van der Waals surface area contributed by atoms with Gasteiger partial charge in [0.15, 0.2) is 0 Å². The number of nitrogens with one attached hydrogen (secondary N) is 3. The Morgan fingerprint density at radius 1 is 0.432 bits per heavy atom. The summed E-state index contributed by atoms with van der Waals surface area (Å²) in [6.07, 6.45) is 37.9. The molecule has 5 heterocycles. The number of rotatable bonds is 33. The molecular formula is C104H189LiN11NaO21S. The number of aliphatic carboxylic acids is 2. The SMILES string of the molecule is C.C.CCN=C(C)C.CC[C@@H]1CC1(C)N.CC[C@@H]1CC1(C)N=C(C)C.CC[C@@H]1COS(=O)(=O)O1.CC[C@@H]1C[C@@]1(NC(=O)[C@@H](CC(=O)N1CCOCC1)CC1CCCCC1)C(=O)O.CC[C@@H]1C[C@@]1(NC(=O)[C@@H](CC(=O)N1CCOCC1)CC1CCCCC1)C(N)=O.CC[C@@H]1C[C@]1(C)NC(=O)[C@@H](CC(=O)N1CCOCC1)CC1CCCCC1.O=C(O)[C@@H](CC(=O)N1CCOCC1)CC1CCCCC1.[H-].[Li+].[Na+].[OH-]. The predicted molar refractivity (Wildman–Crippen MR) is 537 cm³/mol. The molecular weight excluding hydrogens is 1800 g/mol. The Labute approximate surface area is 872 Å². The average Bonchev–Trinajstić information content (AvgIpc) is 1.59. The summed E-state index contributed by atoms with van der Waals surface area (Å²) in [7, 11) is -3.61. The molecule has 5 aliphatic heterocycles. The van der Waals surface area contributed by atoms with Gasteiger partial charge in [-0.25, -0.2) is 13.2 Å². The van der Waals surface area contributed by atoms with Gasteiger partial charge in [0.2, 0.25) is 47.3 Å². The van der Waals surface area contributed by atoms with E-state index in [1.54, 1.807) is 14.7 Å². The number of hydrogen-bond acceptors (Lipinski definition) is 22. The number of amides is 8. The topological polar surface area (TPSA) is 456 Å². The van der Waals surface area contributed by atoms with Gasteiger partial charge in [0.1, 0.15) is 17.2 Å². The van der Waals surface area contributed by atoms with Crippen LogP contribution in [0.2, 0.25) is 0 Å². The maximum Gasteiger partial charge on any atom is 1.00 e. The van der Waals surface area contributed by atoms with E-state index in [9.17, 15) is 66.6 Å². The molecule has 2 unspecified atom stereocenters. The fraction of sp³-hybridized carbons (Fsp3) is 0.885. The van der Waals surface area contributed by atoms with Crippen molar-refractivity contribution < 1.29 is 149 Å². The standard InChI is InChI=1S/C21H35N3O4.C21H34N2O5.C21H36N2O3.C15H25NO4.C9H17N.C6H13N.C5H11N.C4H8O4S.2CH4.Li.Na.H2O.H/c1-2-17-14-21(17,20(22)27)23-19(26)16(12-15-6-4-3-5-7-15)13-18(25)24-8-10-28-11-9-24;1-2-17-14-21(17,20(26)27)22-19(25)16(12-15-6-4-3-5-7-15)13-18(24)23-8-10-28-11-9-23;1-3-18-15-21(18,2)22-20(25)17(13-16-7-5-4-6-8-16)14-19(24)23-9-11-26-12-10-23;17-14(16-6-8-20-9-7-16)11-13(15(18)19)10-12-4-2-1-3-5-12;1-5-8-6-9(8,4)10-7(2)3;1-3-5-4-6(5,2)7;1-4-6-5(2)3;1-2-4-3-7-9(5,6)8-4;;;;;;/h15-17H,2-14H2,1H3,(H2,22,27)(H,23,26);15-17H,2-14H2,1H3,(H,22,25)(H,26,27);16-18H,3-15H2,1-2H3,(H,22,25);12-13H,1-11H2,(H,18,19);8H,5-6H2,1-4H3;5H,3-4,7H2,1-2H3;4H2,1-3H3;4H,2-3H2,1H3;2*1H4;;;1H2;/q;;;;;;;;;;2*+1;;-1/p-1/t2*16-,17-,21+;17-,18-,21+;13-;8-,9?;5-,6?;;4-;;;;;;/m111111.1....../s1. The second-order valence-electron chi connectivity index (χ2n) is 42.1. The molecule has 0 aromatic carbocycles. The first-order valence-corrected chi connectivity index (χ1v) is 53.6. The number of nitrogens with zero attached hydrogens (tertiary/aromatic N) is 6. The van der Waals surface area contributed by atoms with Crippen molar-refractivity contribution in [2.45, 2.75) is 396 Å². The van der Waals surface area contributed by atoms with Crippen LogP contribution in [0.4, 0.5) is 0 Å². The maximum absolute atomic E-state index is 13.1. The number of hydrogen-bond donors (Lipinski definition) is 7. The van der Waals surface area contributed by atoms with E-state index in [0.29, 0.717) is 185 Å². The summed E-state index contributed by atoms with van der Waals surface area (Å²) in [5, 5.41) is 28.1. The Morgan fingerprint density at radius 2 is 0.741 bits per heavy atom. The van der Waals surface area contributed by atoms with E-state index in [0.717, 1.165) is 94.7 Å². The van der Waals surface area contributed by atoms with Gasteiger partial charge in [0, 0.05) is 125 Å². The first-order chi connectivity index (χ1) is 63.8. The third-order valence-electron chi connectivity index (χ3n) is 30.9. The maximum atomic E-state index is 13.1. The average molecular weight is 1990 g/mol. The van der Waals surface area contributed by atoms with Crippen LogP contribution in [0.15, 0.2) is 9.98 Å². The van der Waals surface area contributed by atoms with Gasteiger partial charge in [0.25, 0.3) is 0 Å². The molecule has 10 N–H and O–H groups in total. The van der Waals surface area contributed by atoms with Crippen LogP contribution in [0.1, 0.15) is 364 Å². The summed E-state index contributed by atoms with van der Waals surface area (Å²) in [4.78, 5) is 141. The van der Waals surface area contributed by atoms with E-state index in [-0.39, 0.29) is 172 Å². The minimum Gasteiger partial charge on any atom is -1.00 e. The van der Waals surface area contributed by atoms with Crippen LogP contribution in [0.3, 0.4) is 0 Å². The Bertz CT molecular complexity index is 3740. The number of carboxylic acid groups (broad SMARTS) is 2. The van der Waals surface area contributed by atoms with Gasteiger partial charge < -0.3 is 83.1 Å². The number of ether oxygens (including phenoxy) is 4. The normalized spacial score (nSPS) is 28.4. The molecule has 32 nitrogen and oxygen atoms in total. The number of primary amides is 1. The van der Waals surface area contributed by atoms with Crippen LogP contribution >= 0.6 is 0 Å². The molecule has 794 valence electrons. The summed E-state index contributed by atoms with van der Waals surface area (Å²) < 4.78 is 50.6. The summed E-state index contributed by atoms with van der Waals surface area (Å²) in [5.74, 6) is 0.371. The molecule has 9 saturated carbocycles. The van der Waals surface area contributed by atoms with E-state index in [4.69, 9.17) is 30.4 Å². The zero-order valence-electron chi connectivity index (χ0n) is 88.3. The number of aliphatic imine (C=N–C) groups is 2. The van der Waals surface area contributed by atoms with Crippen LogP contribution in [0.25, 0.3) is 0 Å². The van der Waals surface area contributed by atoms with Gasteiger partial charge in [-0.05, 0) is 173 Å². The largest absolute Gasteiger partial charge is 1.00 e. The first-order valence-electron chi connectivity index (χ1n) is 52.3. The molecule has 14 fully saturated rings. The molecule has 0 bridgehead atoms. The summed E-state index contributed by atoms with van der Waals surface area (Å²) >= 11 is 0. The molecule has 35 heteroatoms. The molecule has 139 heavy (non-hydrogen) atoms. The van der Waals surface area contributed by atoms with Crippen molar-refractivity contribution in [2.24, 2.45) is 98.4 Å². The predicted octanol–water partition coefficient (Wildman–Crippen LogP) is 9.37. The molecule has 8 amide bonds. The zero-order valence-corrected chi connectivity index (χ0v) is 90.1. The number of morpholine rings is 4. The zero-order chi connectivity index (χ0) is 98.4. The van der Waals surface area contributed by atoms with Crippen molar-refractivity contribution in [1.29, 1.82) is 0 Å². The quantitative estimate of drug-likeness (QED) is 0.0237. The molecule has 14 aliphatic rings. The molecule has 0 radical (unpaired) electrons. The molecule has 5 saturated heterocycles. The summed E-state index contributed by atoms with van der Waals surface area (Å²) in [6.45, 7) is 39.6. The van der Waals surface area contributed by atoms with E-state index < -0.39 is 57.1 Å².